The van der Waals surface area contributed by atoms with Gasteiger partial charge < -0.3 is 9.63 Å². The molecule has 0 bridgehead atoms. The summed E-state index contributed by atoms with van der Waals surface area (Å²) in [5, 5.41) is 12.6. The van der Waals surface area contributed by atoms with Gasteiger partial charge in [-0.1, -0.05) is 16.8 Å². The molecule has 7 heteroatoms. The number of rotatable bonds is 4. The van der Waals surface area contributed by atoms with Crippen LogP contribution in [-0.2, 0) is 5.75 Å². The summed E-state index contributed by atoms with van der Waals surface area (Å²) < 4.78 is 4.83. The molecule has 0 unspecified atom stereocenters. The third-order valence-corrected chi connectivity index (χ3v) is 3.25. The van der Waals surface area contributed by atoms with Gasteiger partial charge >= 0.3 is 5.97 Å². The number of nitrogens with zero attached hydrogens (tertiary/aromatic N) is 2. The Balaban J connectivity index is 2.11. The van der Waals surface area contributed by atoms with Crippen molar-refractivity contribution in [1.82, 2.24) is 10.1 Å². The number of aromatic nitrogens is 2. The van der Waals surface area contributed by atoms with Gasteiger partial charge in [0.1, 0.15) is 0 Å². The standard InChI is InChI=1S/C10H7ClN2O3S/c11-8-2-1-6(3-7(8)10(14)15)17-4-9-12-5-13-16-9/h1-3,5H,4H2,(H,14,15). The number of carboxylic acids is 1. The van der Waals surface area contributed by atoms with Gasteiger partial charge in [-0.2, -0.15) is 4.98 Å². The monoisotopic (exact) mass is 270 g/mol. The molecule has 0 spiro atoms. The number of hydrogen-bond donors (Lipinski definition) is 1. The zero-order valence-corrected chi connectivity index (χ0v) is 10.0. The molecular weight excluding hydrogens is 264 g/mol. The van der Waals surface area contributed by atoms with Crippen molar-refractivity contribution in [3.63, 3.8) is 0 Å². The zero-order valence-electron chi connectivity index (χ0n) is 8.46. The van der Waals surface area contributed by atoms with Crippen LogP contribution in [0.1, 0.15) is 16.2 Å². The van der Waals surface area contributed by atoms with Gasteiger partial charge in [0.15, 0.2) is 6.33 Å². The van der Waals surface area contributed by atoms with E-state index in [-0.39, 0.29) is 10.6 Å². The second-order valence-electron chi connectivity index (χ2n) is 3.07. The highest BCUT2D eigenvalue weighted by Crippen LogP contribution is 2.26. The maximum Gasteiger partial charge on any atom is 0.337 e. The summed E-state index contributed by atoms with van der Waals surface area (Å²) in [6.07, 6.45) is 1.32. The van der Waals surface area contributed by atoms with Crippen molar-refractivity contribution >= 4 is 29.3 Å². The quantitative estimate of drug-likeness (QED) is 0.861. The van der Waals surface area contributed by atoms with Gasteiger partial charge in [0, 0.05) is 4.90 Å². The molecule has 0 aliphatic carbocycles. The third kappa shape index (κ3) is 2.98. The molecule has 1 aromatic carbocycles. The Labute approximate surface area is 106 Å². The van der Waals surface area contributed by atoms with Gasteiger partial charge in [-0.25, -0.2) is 4.79 Å². The van der Waals surface area contributed by atoms with Crippen LogP contribution in [0.25, 0.3) is 0 Å². The highest BCUT2D eigenvalue weighted by Gasteiger charge is 2.10. The molecule has 0 saturated heterocycles. The van der Waals surface area contributed by atoms with Crippen LogP contribution in [0.4, 0.5) is 0 Å². The minimum absolute atomic E-state index is 0.0854. The van der Waals surface area contributed by atoms with Crippen LogP contribution in [0.2, 0.25) is 5.02 Å². The van der Waals surface area contributed by atoms with Crippen LogP contribution in [0.3, 0.4) is 0 Å². The number of halogens is 1. The molecule has 5 nitrogen and oxygen atoms in total. The Morgan fingerprint density at radius 2 is 2.35 bits per heavy atom. The Morgan fingerprint density at radius 3 is 3.00 bits per heavy atom. The first kappa shape index (κ1) is 11.9. The minimum Gasteiger partial charge on any atom is -0.478 e. The van der Waals surface area contributed by atoms with E-state index in [2.05, 4.69) is 10.1 Å². The second kappa shape index (κ2) is 5.20. The largest absolute Gasteiger partial charge is 0.478 e. The van der Waals surface area contributed by atoms with Crippen molar-refractivity contribution in [2.45, 2.75) is 10.6 Å². The van der Waals surface area contributed by atoms with E-state index in [1.807, 2.05) is 0 Å². The maximum absolute atomic E-state index is 10.9. The molecule has 17 heavy (non-hydrogen) atoms. The first-order valence-corrected chi connectivity index (χ1v) is 5.94. The maximum atomic E-state index is 10.9. The molecule has 0 aliphatic rings. The van der Waals surface area contributed by atoms with Gasteiger partial charge in [0.2, 0.25) is 5.89 Å². The number of benzene rings is 1. The molecule has 0 atom stereocenters. The fourth-order valence-corrected chi connectivity index (χ4v) is 2.14. The second-order valence-corrected chi connectivity index (χ2v) is 4.53. The van der Waals surface area contributed by atoms with Crippen LogP contribution in [-0.4, -0.2) is 21.2 Å². The summed E-state index contributed by atoms with van der Waals surface area (Å²) in [5.41, 5.74) is 0.0854. The highest BCUT2D eigenvalue weighted by molar-refractivity contribution is 7.98. The fraction of sp³-hybridized carbons (Fsp3) is 0.100. The summed E-state index contributed by atoms with van der Waals surface area (Å²) in [5.74, 6) is -0.0715. The van der Waals surface area contributed by atoms with Crippen molar-refractivity contribution in [2.75, 3.05) is 0 Å². The molecule has 88 valence electrons. The topological polar surface area (TPSA) is 76.2 Å². The normalized spacial score (nSPS) is 10.4. The smallest absolute Gasteiger partial charge is 0.337 e. The number of hydrogen-bond acceptors (Lipinski definition) is 5. The van der Waals surface area contributed by atoms with Gasteiger partial charge in [0.25, 0.3) is 0 Å². The van der Waals surface area contributed by atoms with Gasteiger partial charge in [0.05, 0.1) is 16.3 Å². The Bertz CT molecular complexity index is 530. The van der Waals surface area contributed by atoms with E-state index in [4.69, 9.17) is 21.2 Å². The lowest BCUT2D eigenvalue weighted by atomic mass is 10.2. The summed E-state index contributed by atoms with van der Waals surface area (Å²) >= 11 is 7.16. The van der Waals surface area contributed by atoms with Crippen molar-refractivity contribution < 1.29 is 14.4 Å². The van der Waals surface area contributed by atoms with Crippen molar-refractivity contribution in [2.24, 2.45) is 0 Å². The van der Waals surface area contributed by atoms with Crippen LogP contribution in [0.5, 0.6) is 0 Å². The summed E-state index contributed by atoms with van der Waals surface area (Å²) in [6.45, 7) is 0. The van der Waals surface area contributed by atoms with Gasteiger partial charge in [-0.05, 0) is 18.2 Å². The summed E-state index contributed by atoms with van der Waals surface area (Å²) in [4.78, 5) is 15.5. The Morgan fingerprint density at radius 1 is 1.53 bits per heavy atom. The summed E-state index contributed by atoms with van der Waals surface area (Å²) in [7, 11) is 0. The van der Waals surface area contributed by atoms with Crippen LogP contribution in [0, 0.1) is 0 Å². The zero-order chi connectivity index (χ0) is 12.3. The lowest BCUT2D eigenvalue weighted by molar-refractivity contribution is 0.0697. The lowest BCUT2D eigenvalue weighted by Gasteiger charge is -2.02. The van der Waals surface area contributed by atoms with Crippen molar-refractivity contribution in [3.05, 3.63) is 41.0 Å². The van der Waals surface area contributed by atoms with E-state index in [0.717, 1.165) is 4.90 Å². The molecule has 0 saturated carbocycles. The molecule has 2 aromatic rings. The Kier molecular flexibility index (Phi) is 3.65. The number of carbonyl (C=O) groups is 1. The molecule has 1 aromatic heterocycles. The van der Waals surface area contributed by atoms with E-state index in [9.17, 15) is 4.79 Å². The van der Waals surface area contributed by atoms with E-state index in [1.165, 1.54) is 24.2 Å². The lowest BCUT2D eigenvalue weighted by Crippen LogP contribution is -1.97. The van der Waals surface area contributed by atoms with Crippen molar-refractivity contribution in [1.29, 1.82) is 0 Å². The first-order valence-electron chi connectivity index (χ1n) is 4.58. The van der Waals surface area contributed by atoms with Gasteiger partial charge in [-0.15, -0.1) is 11.8 Å². The van der Waals surface area contributed by atoms with Crippen LogP contribution >= 0.6 is 23.4 Å². The van der Waals surface area contributed by atoms with E-state index >= 15 is 0 Å². The fourth-order valence-electron chi connectivity index (χ4n) is 1.16. The predicted octanol–water partition coefficient (Wildman–Crippen LogP) is 2.71. The number of thioether (sulfide) groups is 1. The molecule has 0 fully saturated rings. The number of carboxylic acid groups (broad SMARTS) is 1. The van der Waals surface area contributed by atoms with Crippen LogP contribution in [0.15, 0.2) is 33.9 Å². The van der Waals surface area contributed by atoms with Crippen LogP contribution < -0.4 is 0 Å². The first-order chi connectivity index (χ1) is 8.16. The van der Waals surface area contributed by atoms with Crippen molar-refractivity contribution in [3.8, 4) is 0 Å². The average molecular weight is 271 g/mol. The predicted molar refractivity (Wildman–Crippen MR) is 62.3 cm³/mol. The number of aromatic carboxylic acids is 1. The van der Waals surface area contributed by atoms with E-state index in [0.29, 0.717) is 11.6 Å². The van der Waals surface area contributed by atoms with E-state index < -0.39 is 5.97 Å². The molecule has 0 aliphatic heterocycles. The molecular formula is C10H7ClN2O3S. The molecule has 1 N–H and O–H groups in total. The molecule has 1 heterocycles. The SMILES string of the molecule is O=C(O)c1cc(SCc2ncno2)ccc1Cl. The average Bonchev–Trinajstić information content (AvgIpc) is 2.80. The Hall–Kier alpha value is -1.53. The molecule has 0 radical (unpaired) electrons. The van der Waals surface area contributed by atoms with Gasteiger partial charge in [-0.3, -0.25) is 0 Å². The minimum atomic E-state index is -1.05. The molecule has 2 rings (SSSR count). The highest BCUT2D eigenvalue weighted by atomic mass is 35.5. The summed E-state index contributed by atoms with van der Waals surface area (Å²) in [6, 6.07) is 4.82. The third-order valence-electron chi connectivity index (χ3n) is 1.94. The van der Waals surface area contributed by atoms with E-state index in [1.54, 1.807) is 12.1 Å². The molecule has 0 amide bonds.